The van der Waals surface area contributed by atoms with Crippen molar-refractivity contribution in [2.75, 3.05) is 21.3 Å². The quantitative estimate of drug-likeness (QED) is 0.688. The summed E-state index contributed by atoms with van der Waals surface area (Å²) in [4.78, 5) is 31.1. The van der Waals surface area contributed by atoms with Gasteiger partial charge in [-0.3, -0.25) is 9.59 Å². The number of fused-ring (bicyclic) bond motifs is 1. The second kappa shape index (κ2) is 7.02. The third-order valence-corrected chi connectivity index (χ3v) is 3.89. The van der Waals surface area contributed by atoms with Crippen LogP contribution < -0.4 is 19.8 Å². The molecule has 0 spiro atoms. The van der Waals surface area contributed by atoms with Crippen LogP contribution in [-0.2, 0) is 0 Å². The fourth-order valence-electron chi connectivity index (χ4n) is 2.59. The summed E-state index contributed by atoms with van der Waals surface area (Å²) in [5.74, 6) is -2.61. The molecule has 0 aliphatic rings. The molecule has 3 rings (SSSR count). The van der Waals surface area contributed by atoms with Crippen molar-refractivity contribution < 1.29 is 27.8 Å². The largest absolute Gasteiger partial charge is 0.493 e. The van der Waals surface area contributed by atoms with Crippen molar-refractivity contribution in [1.82, 2.24) is 9.97 Å². The lowest BCUT2D eigenvalue weighted by Crippen LogP contribution is -2.17. The summed E-state index contributed by atoms with van der Waals surface area (Å²) in [6.07, 6.45) is 0. The number of methoxy groups -OCH3 is 3. The highest BCUT2D eigenvalue weighted by atomic mass is 19.2. The SMILES string of the molecule is COc1cc(C(=O)c2nc3cc(F)c(F)cc3c(=O)[nH]2)cc(OC)c1OC. The predicted octanol–water partition coefficient (Wildman–Crippen LogP) is 2.46. The number of aromatic amines is 1. The number of ketones is 1. The minimum Gasteiger partial charge on any atom is -0.493 e. The second-order valence-electron chi connectivity index (χ2n) is 5.44. The number of carbonyl (C=O) groups excluding carboxylic acids is 1. The van der Waals surface area contributed by atoms with E-state index >= 15 is 0 Å². The van der Waals surface area contributed by atoms with Gasteiger partial charge in [0.05, 0.1) is 32.2 Å². The van der Waals surface area contributed by atoms with Crippen LogP contribution >= 0.6 is 0 Å². The summed E-state index contributed by atoms with van der Waals surface area (Å²) < 4.78 is 42.3. The zero-order chi connectivity index (χ0) is 19.7. The molecule has 9 heteroatoms. The Hall–Kier alpha value is -3.49. The summed E-state index contributed by atoms with van der Waals surface area (Å²) in [5.41, 5.74) is -0.822. The number of aromatic nitrogens is 2. The van der Waals surface area contributed by atoms with Crippen molar-refractivity contribution in [3.8, 4) is 17.2 Å². The second-order valence-corrected chi connectivity index (χ2v) is 5.44. The molecule has 2 aromatic carbocycles. The smallest absolute Gasteiger partial charge is 0.259 e. The molecule has 1 aromatic heterocycles. The Labute approximate surface area is 151 Å². The van der Waals surface area contributed by atoms with Gasteiger partial charge in [-0.25, -0.2) is 13.8 Å². The Balaban J connectivity index is 2.16. The monoisotopic (exact) mass is 376 g/mol. The normalized spacial score (nSPS) is 10.7. The summed E-state index contributed by atoms with van der Waals surface area (Å²) in [7, 11) is 4.19. The zero-order valence-corrected chi connectivity index (χ0v) is 14.6. The molecule has 1 heterocycles. The molecule has 3 aromatic rings. The molecular formula is C18H14F2N2O5. The molecule has 0 aliphatic heterocycles. The molecule has 0 radical (unpaired) electrons. The molecule has 0 atom stereocenters. The summed E-state index contributed by atoms with van der Waals surface area (Å²) in [6.45, 7) is 0. The Morgan fingerprint density at radius 1 is 0.963 bits per heavy atom. The van der Waals surface area contributed by atoms with Gasteiger partial charge in [0.1, 0.15) is 0 Å². The van der Waals surface area contributed by atoms with Crippen molar-refractivity contribution in [2.45, 2.75) is 0 Å². The number of nitrogens with one attached hydrogen (secondary N) is 1. The highest BCUT2D eigenvalue weighted by molar-refractivity contribution is 6.08. The van der Waals surface area contributed by atoms with E-state index in [4.69, 9.17) is 14.2 Å². The van der Waals surface area contributed by atoms with Crippen molar-refractivity contribution in [2.24, 2.45) is 0 Å². The summed E-state index contributed by atoms with van der Waals surface area (Å²) in [6, 6.07) is 4.26. The molecule has 140 valence electrons. The first kappa shape index (κ1) is 18.3. The Morgan fingerprint density at radius 2 is 1.56 bits per heavy atom. The predicted molar refractivity (Wildman–Crippen MR) is 91.8 cm³/mol. The van der Waals surface area contributed by atoms with E-state index in [2.05, 4.69) is 9.97 Å². The highest BCUT2D eigenvalue weighted by Gasteiger charge is 2.20. The van der Waals surface area contributed by atoms with Crippen LogP contribution in [0.3, 0.4) is 0 Å². The number of H-pyrrole nitrogens is 1. The zero-order valence-electron chi connectivity index (χ0n) is 14.6. The highest BCUT2D eigenvalue weighted by Crippen LogP contribution is 2.38. The first-order valence-corrected chi connectivity index (χ1v) is 7.63. The third-order valence-electron chi connectivity index (χ3n) is 3.89. The minimum absolute atomic E-state index is 0.0922. The van der Waals surface area contributed by atoms with E-state index in [0.717, 1.165) is 12.1 Å². The fourth-order valence-corrected chi connectivity index (χ4v) is 2.59. The number of nitrogens with zero attached hydrogens (tertiary/aromatic N) is 1. The number of halogens is 2. The minimum atomic E-state index is -1.18. The van der Waals surface area contributed by atoms with Gasteiger partial charge in [-0.05, 0) is 18.2 Å². The van der Waals surface area contributed by atoms with Crippen LogP contribution in [-0.4, -0.2) is 37.1 Å². The van der Waals surface area contributed by atoms with Gasteiger partial charge in [0.25, 0.3) is 5.56 Å². The number of carbonyl (C=O) groups is 1. The maximum Gasteiger partial charge on any atom is 0.259 e. The van der Waals surface area contributed by atoms with E-state index in [1.54, 1.807) is 0 Å². The number of hydrogen-bond acceptors (Lipinski definition) is 6. The summed E-state index contributed by atoms with van der Waals surface area (Å²) in [5, 5.41) is -0.171. The average molecular weight is 376 g/mol. The lowest BCUT2D eigenvalue weighted by Gasteiger charge is -2.13. The number of ether oxygens (including phenoxy) is 3. The third kappa shape index (κ3) is 3.19. The van der Waals surface area contributed by atoms with Crippen LogP contribution in [0.25, 0.3) is 10.9 Å². The van der Waals surface area contributed by atoms with Gasteiger partial charge in [-0.1, -0.05) is 0 Å². The molecular weight excluding hydrogens is 362 g/mol. The van der Waals surface area contributed by atoms with E-state index in [9.17, 15) is 18.4 Å². The summed E-state index contributed by atoms with van der Waals surface area (Å²) >= 11 is 0. The maximum absolute atomic E-state index is 13.5. The molecule has 7 nitrogen and oxygen atoms in total. The van der Waals surface area contributed by atoms with E-state index < -0.39 is 23.0 Å². The first-order chi connectivity index (χ1) is 12.9. The lowest BCUT2D eigenvalue weighted by molar-refractivity contribution is 0.102. The molecule has 0 aliphatic carbocycles. The number of benzene rings is 2. The van der Waals surface area contributed by atoms with Gasteiger partial charge in [0.15, 0.2) is 29.0 Å². The molecule has 0 fully saturated rings. The molecule has 0 saturated carbocycles. The molecule has 0 unspecified atom stereocenters. The van der Waals surface area contributed by atoms with E-state index in [1.165, 1.54) is 33.5 Å². The fraction of sp³-hybridized carbons (Fsp3) is 0.167. The van der Waals surface area contributed by atoms with Crippen molar-refractivity contribution in [1.29, 1.82) is 0 Å². The van der Waals surface area contributed by atoms with Gasteiger partial charge < -0.3 is 19.2 Å². The van der Waals surface area contributed by atoms with Crippen molar-refractivity contribution in [3.63, 3.8) is 0 Å². The first-order valence-electron chi connectivity index (χ1n) is 7.63. The van der Waals surface area contributed by atoms with E-state index in [0.29, 0.717) is 0 Å². The van der Waals surface area contributed by atoms with Gasteiger partial charge in [-0.15, -0.1) is 0 Å². The van der Waals surface area contributed by atoms with Gasteiger partial charge in [0.2, 0.25) is 11.5 Å². The van der Waals surface area contributed by atoms with Crippen LogP contribution in [0.15, 0.2) is 29.1 Å². The van der Waals surface area contributed by atoms with Crippen LogP contribution in [0, 0.1) is 11.6 Å². The van der Waals surface area contributed by atoms with Crippen molar-refractivity contribution in [3.05, 3.63) is 57.6 Å². The Kier molecular flexibility index (Phi) is 4.76. The van der Waals surface area contributed by atoms with Crippen molar-refractivity contribution >= 4 is 16.7 Å². The van der Waals surface area contributed by atoms with Gasteiger partial charge >= 0.3 is 0 Å². The molecule has 0 bridgehead atoms. The molecule has 0 amide bonds. The molecule has 27 heavy (non-hydrogen) atoms. The van der Waals surface area contributed by atoms with Crippen LogP contribution in [0.5, 0.6) is 17.2 Å². The van der Waals surface area contributed by atoms with E-state index in [1.807, 2.05) is 0 Å². The van der Waals surface area contributed by atoms with Crippen LogP contribution in [0.1, 0.15) is 16.2 Å². The van der Waals surface area contributed by atoms with Crippen LogP contribution in [0.2, 0.25) is 0 Å². The topological polar surface area (TPSA) is 90.5 Å². The Morgan fingerprint density at radius 3 is 2.11 bits per heavy atom. The average Bonchev–Trinajstić information content (AvgIpc) is 2.67. The standard InChI is InChI=1S/C18H14F2N2O5/c1-25-13-4-8(5-14(26-2)16(13)27-3)15(23)17-21-12-7-11(20)10(19)6-9(12)18(24)22-17/h4-7H,1-3H3,(H,21,22,24). The molecule has 0 saturated heterocycles. The van der Waals surface area contributed by atoms with Crippen LogP contribution in [0.4, 0.5) is 8.78 Å². The van der Waals surface area contributed by atoms with E-state index in [-0.39, 0.29) is 39.5 Å². The van der Waals surface area contributed by atoms with Gasteiger partial charge in [-0.2, -0.15) is 0 Å². The Bertz CT molecular complexity index is 1090. The maximum atomic E-state index is 13.5. The number of hydrogen-bond donors (Lipinski definition) is 1. The van der Waals surface area contributed by atoms with Gasteiger partial charge in [0, 0.05) is 11.6 Å². The number of rotatable bonds is 5. The molecule has 1 N–H and O–H groups in total. The lowest BCUT2D eigenvalue weighted by atomic mass is 10.1.